The number of benzene rings is 1. The molecule has 0 aliphatic carbocycles. The molecule has 1 atom stereocenters. The molecule has 2 heterocycles. The van der Waals surface area contributed by atoms with Gasteiger partial charge in [0.15, 0.2) is 0 Å². The Morgan fingerprint density at radius 2 is 1.90 bits per heavy atom. The van der Waals surface area contributed by atoms with E-state index in [-0.39, 0.29) is 0 Å². The summed E-state index contributed by atoms with van der Waals surface area (Å²) in [5.74, 6) is 1.65. The first kappa shape index (κ1) is 13.2. The maximum Gasteiger partial charge on any atom is 0.416 e. The van der Waals surface area contributed by atoms with Crippen molar-refractivity contribution in [3.63, 3.8) is 0 Å². The molecule has 106 valence electrons. The van der Waals surface area contributed by atoms with Gasteiger partial charge < -0.3 is 4.57 Å². The van der Waals surface area contributed by atoms with Gasteiger partial charge in [0.2, 0.25) is 0 Å². The lowest BCUT2D eigenvalue weighted by Crippen LogP contribution is -2.17. The minimum absolute atomic E-state index is 0.622. The predicted octanol–water partition coefficient (Wildman–Crippen LogP) is 4.15. The highest BCUT2D eigenvalue weighted by Gasteiger charge is 2.30. The number of halogens is 3. The third-order valence-electron chi connectivity index (χ3n) is 3.74. The van der Waals surface area contributed by atoms with Gasteiger partial charge in [0.05, 0.1) is 11.3 Å². The van der Waals surface area contributed by atoms with Gasteiger partial charge in [0.1, 0.15) is 5.82 Å². The molecule has 0 spiro atoms. The molecular formula is C15H15F3N2. The molecule has 0 radical (unpaired) electrons. The second kappa shape index (κ2) is 4.65. The van der Waals surface area contributed by atoms with Crippen LogP contribution in [0.2, 0.25) is 0 Å². The summed E-state index contributed by atoms with van der Waals surface area (Å²) in [6, 6.07) is 5.19. The molecule has 0 saturated heterocycles. The standard InChI is InChI=1S/C15H15F3N2/c1-10-2-7-14-19-13(9-20(14)8-10)11-3-5-12(6-4-11)15(16,17)18/h3-6,9-10H,2,7-8H2,1H3. The van der Waals surface area contributed by atoms with Crippen molar-refractivity contribution in [1.82, 2.24) is 9.55 Å². The highest BCUT2D eigenvalue weighted by atomic mass is 19.4. The van der Waals surface area contributed by atoms with Gasteiger partial charge in [-0.15, -0.1) is 0 Å². The van der Waals surface area contributed by atoms with Crippen molar-refractivity contribution in [2.24, 2.45) is 5.92 Å². The number of aryl methyl sites for hydroxylation is 1. The van der Waals surface area contributed by atoms with Crippen molar-refractivity contribution in [3.8, 4) is 11.3 Å². The first-order valence-corrected chi connectivity index (χ1v) is 6.67. The Hall–Kier alpha value is -1.78. The summed E-state index contributed by atoms with van der Waals surface area (Å²) in [5.41, 5.74) is 0.856. The Bertz CT molecular complexity index is 611. The molecule has 3 rings (SSSR count). The molecule has 1 aliphatic heterocycles. The lowest BCUT2D eigenvalue weighted by atomic mass is 10.0. The summed E-state index contributed by atoms with van der Waals surface area (Å²) in [6.45, 7) is 3.13. The SMILES string of the molecule is CC1CCc2nc(-c3ccc(C(F)(F)F)cc3)cn2C1. The molecular weight excluding hydrogens is 265 g/mol. The molecule has 20 heavy (non-hydrogen) atoms. The van der Waals surface area contributed by atoms with Gasteiger partial charge in [0.25, 0.3) is 0 Å². The largest absolute Gasteiger partial charge is 0.416 e. The molecule has 0 fully saturated rings. The van der Waals surface area contributed by atoms with Crippen LogP contribution in [0.3, 0.4) is 0 Å². The van der Waals surface area contributed by atoms with E-state index in [0.29, 0.717) is 5.92 Å². The Morgan fingerprint density at radius 1 is 1.20 bits per heavy atom. The van der Waals surface area contributed by atoms with Gasteiger partial charge in [-0.25, -0.2) is 4.98 Å². The van der Waals surface area contributed by atoms with Crippen LogP contribution in [-0.4, -0.2) is 9.55 Å². The second-order valence-electron chi connectivity index (χ2n) is 5.41. The minimum atomic E-state index is -4.29. The van der Waals surface area contributed by atoms with Crippen LogP contribution in [0.4, 0.5) is 13.2 Å². The van der Waals surface area contributed by atoms with Crippen molar-refractivity contribution < 1.29 is 13.2 Å². The van der Waals surface area contributed by atoms with E-state index in [4.69, 9.17) is 0 Å². The van der Waals surface area contributed by atoms with Crippen LogP contribution in [0.5, 0.6) is 0 Å². The van der Waals surface area contributed by atoms with E-state index >= 15 is 0 Å². The van der Waals surface area contributed by atoms with Crippen molar-refractivity contribution in [1.29, 1.82) is 0 Å². The van der Waals surface area contributed by atoms with E-state index in [2.05, 4.69) is 16.5 Å². The zero-order chi connectivity index (χ0) is 14.3. The van der Waals surface area contributed by atoms with E-state index in [0.717, 1.165) is 48.6 Å². The van der Waals surface area contributed by atoms with Crippen LogP contribution in [-0.2, 0) is 19.1 Å². The topological polar surface area (TPSA) is 17.8 Å². The number of nitrogens with zero attached hydrogens (tertiary/aromatic N) is 2. The van der Waals surface area contributed by atoms with Crippen LogP contribution < -0.4 is 0 Å². The van der Waals surface area contributed by atoms with Crippen LogP contribution in [0.1, 0.15) is 24.7 Å². The molecule has 2 nitrogen and oxygen atoms in total. The van der Waals surface area contributed by atoms with Crippen LogP contribution in [0.15, 0.2) is 30.5 Å². The maximum atomic E-state index is 12.5. The van der Waals surface area contributed by atoms with Crippen LogP contribution in [0, 0.1) is 5.92 Å². The van der Waals surface area contributed by atoms with Crippen LogP contribution >= 0.6 is 0 Å². The average molecular weight is 280 g/mol. The molecule has 0 N–H and O–H groups in total. The van der Waals surface area contributed by atoms with Gasteiger partial charge in [-0.05, 0) is 24.5 Å². The van der Waals surface area contributed by atoms with Gasteiger partial charge in [-0.2, -0.15) is 13.2 Å². The quantitative estimate of drug-likeness (QED) is 0.767. The Kier molecular flexibility index (Phi) is 3.07. The number of aromatic nitrogens is 2. The Morgan fingerprint density at radius 3 is 2.55 bits per heavy atom. The Labute approximate surface area is 115 Å². The molecule has 1 aromatic heterocycles. The minimum Gasteiger partial charge on any atom is -0.334 e. The zero-order valence-electron chi connectivity index (χ0n) is 11.1. The average Bonchev–Trinajstić information content (AvgIpc) is 2.80. The number of hydrogen-bond acceptors (Lipinski definition) is 1. The van der Waals surface area contributed by atoms with E-state index < -0.39 is 11.7 Å². The fourth-order valence-electron chi connectivity index (χ4n) is 2.58. The lowest BCUT2D eigenvalue weighted by Gasteiger charge is -2.19. The molecule has 0 saturated carbocycles. The monoisotopic (exact) mass is 280 g/mol. The molecule has 1 unspecified atom stereocenters. The summed E-state index contributed by atoms with van der Waals surface area (Å²) >= 11 is 0. The number of hydrogen-bond donors (Lipinski definition) is 0. The summed E-state index contributed by atoms with van der Waals surface area (Å²) in [6.07, 6.45) is -0.305. The summed E-state index contributed by atoms with van der Waals surface area (Å²) in [4.78, 5) is 4.53. The van der Waals surface area contributed by atoms with Gasteiger partial charge in [-0.3, -0.25) is 0 Å². The second-order valence-corrected chi connectivity index (χ2v) is 5.41. The summed E-state index contributed by atoms with van der Waals surface area (Å²) < 4.78 is 39.7. The predicted molar refractivity (Wildman–Crippen MR) is 70.2 cm³/mol. The first-order valence-electron chi connectivity index (χ1n) is 6.67. The van der Waals surface area contributed by atoms with Crippen molar-refractivity contribution in [2.45, 2.75) is 32.5 Å². The van der Waals surface area contributed by atoms with Crippen LogP contribution in [0.25, 0.3) is 11.3 Å². The van der Waals surface area contributed by atoms with Gasteiger partial charge >= 0.3 is 6.18 Å². The van der Waals surface area contributed by atoms with E-state index in [1.54, 1.807) is 0 Å². The molecule has 1 aliphatic rings. The zero-order valence-corrected chi connectivity index (χ0v) is 11.1. The number of imidazole rings is 1. The normalized spacial score (nSPS) is 18.9. The molecule has 5 heteroatoms. The highest BCUT2D eigenvalue weighted by Crippen LogP contribution is 2.31. The fourth-order valence-corrected chi connectivity index (χ4v) is 2.58. The molecule has 0 amide bonds. The summed E-state index contributed by atoms with van der Waals surface area (Å²) in [5, 5.41) is 0. The summed E-state index contributed by atoms with van der Waals surface area (Å²) in [7, 11) is 0. The molecule has 1 aromatic carbocycles. The van der Waals surface area contributed by atoms with E-state index in [1.807, 2.05) is 6.20 Å². The highest BCUT2D eigenvalue weighted by molar-refractivity contribution is 5.59. The van der Waals surface area contributed by atoms with Crippen molar-refractivity contribution in [2.75, 3.05) is 0 Å². The Balaban J connectivity index is 1.90. The number of rotatable bonds is 1. The van der Waals surface area contributed by atoms with E-state index in [1.165, 1.54) is 12.1 Å². The van der Waals surface area contributed by atoms with Crippen molar-refractivity contribution >= 4 is 0 Å². The third-order valence-corrected chi connectivity index (χ3v) is 3.74. The number of alkyl halides is 3. The molecule has 0 bridgehead atoms. The molecule has 2 aromatic rings. The maximum absolute atomic E-state index is 12.5. The smallest absolute Gasteiger partial charge is 0.334 e. The third kappa shape index (κ3) is 2.44. The first-order chi connectivity index (χ1) is 9.43. The fraction of sp³-hybridized carbons (Fsp3) is 0.400. The van der Waals surface area contributed by atoms with Gasteiger partial charge in [0, 0.05) is 24.7 Å². The van der Waals surface area contributed by atoms with E-state index in [9.17, 15) is 13.2 Å². The van der Waals surface area contributed by atoms with Crippen molar-refractivity contribution in [3.05, 3.63) is 41.9 Å². The number of fused-ring (bicyclic) bond motifs is 1. The van der Waals surface area contributed by atoms with Gasteiger partial charge in [-0.1, -0.05) is 19.1 Å². The lowest BCUT2D eigenvalue weighted by molar-refractivity contribution is -0.137.